The number of nitrogens with zero attached hydrogens (tertiary/aromatic N) is 2. The molecule has 34 heavy (non-hydrogen) atoms. The Labute approximate surface area is 199 Å². The Kier molecular flexibility index (Phi) is 8.08. The van der Waals surface area contributed by atoms with Crippen LogP contribution in [0.2, 0.25) is 0 Å². The minimum Gasteiger partial charge on any atom is -0.493 e. The van der Waals surface area contributed by atoms with Gasteiger partial charge in [0.1, 0.15) is 0 Å². The number of methoxy groups -OCH3 is 2. The Hall–Kier alpha value is -4.07. The second-order valence-electron chi connectivity index (χ2n) is 7.89. The maximum absolute atomic E-state index is 12.1. The van der Waals surface area contributed by atoms with Gasteiger partial charge in [0.25, 0.3) is 0 Å². The molecule has 0 aliphatic heterocycles. The zero-order chi connectivity index (χ0) is 24.7. The lowest BCUT2D eigenvalue weighted by molar-refractivity contribution is -0.139. The standard InChI is InChI=1S/C26H30N4O4/c1-17-6-9-22(10-7-17)30-18(2)14-21(19(30)3)16-28-29-26(32)25(31)27-13-12-20-8-11-23(33-4)24(15-20)34-5/h6-11,14-16H,12-13H2,1-5H3,(H,27,31)(H,29,32)/b28-16-. The molecule has 0 unspecified atom stereocenters. The van der Waals surface area contributed by atoms with E-state index in [9.17, 15) is 9.59 Å². The highest BCUT2D eigenvalue weighted by atomic mass is 16.5. The third-order valence-corrected chi connectivity index (χ3v) is 5.49. The van der Waals surface area contributed by atoms with Gasteiger partial charge in [-0.25, -0.2) is 5.43 Å². The van der Waals surface area contributed by atoms with Crippen molar-refractivity contribution in [1.82, 2.24) is 15.3 Å². The molecule has 0 atom stereocenters. The fraction of sp³-hybridized carbons (Fsp3) is 0.269. The normalized spacial score (nSPS) is 10.9. The largest absolute Gasteiger partial charge is 0.493 e. The highest BCUT2D eigenvalue weighted by Gasteiger charge is 2.13. The first kappa shape index (κ1) is 24.6. The summed E-state index contributed by atoms with van der Waals surface area (Å²) in [5.74, 6) is -0.328. The van der Waals surface area contributed by atoms with E-state index in [0.29, 0.717) is 24.5 Å². The Morgan fingerprint density at radius 2 is 1.65 bits per heavy atom. The molecule has 2 amide bonds. The monoisotopic (exact) mass is 462 g/mol. The molecule has 1 heterocycles. The molecule has 0 radical (unpaired) electrons. The molecule has 0 aliphatic rings. The highest BCUT2D eigenvalue weighted by Crippen LogP contribution is 2.27. The number of aryl methyl sites for hydroxylation is 2. The van der Waals surface area contributed by atoms with Gasteiger partial charge >= 0.3 is 11.8 Å². The summed E-state index contributed by atoms with van der Waals surface area (Å²) in [6.07, 6.45) is 2.08. The first-order valence-corrected chi connectivity index (χ1v) is 10.9. The zero-order valence-electron chi connectivity index (χ0n) is 20.1. The number of carbonyl (C=O) groups excluding carboxylic acids is 2. The number of amides is 2. The summed E-state index contributed by atoms with van der Waals surface area (Å²) in [5, 5.41) is 6.56. The predicted molar refractivity (Wildman–Crippen MR) is 132 cm³/mol. The van der Waals surface area contributed by atoms with Gasteiger partial charge < -0.3 is 19.4 Å². The van der Waals surface area contributed by atoms with E-state index in [-0.39, 0.29) is 0 Å². The molecule has 1 aromatic heterocycles. The van der Waals surface area contributed by atoms with Crippen molar-refractivity contribution >= 4 is 18.0 Å². The third kappa shape index (κ3) is 5.83. The number of rotatable bonds is 8. The molecule has 178 valence electrons. The first-order chi connectivity index (χ1) is 16.3. The second kappa shape index (κ2) is 11.2. The van der Waals surface area contributed by atoms with Gasteiger partial charge in [0.2, 0.25) is 0 Å². The average molecular weight is 463 g/mol. The van der Waals surface area contributed by atoms with Gasteiger partial charge in [-0.05, 0) is 63.1 Å². The summed E-state index contributed by atoms with van der Waals surface area (Å²) in [6, 6.07) is 15.7. The average Bonchev–Trinajstić information content (AvgIpc) is 3.12. The van der Waals surface area contributed by atoms with Crippen molar-refractivity contribution in [3.8, 4) is 17.2 Å². The number of nitrogens with one attached hydrogen (secondary N) is 2. The Bertz CT molecular complexity index is 1200. The van der Waals surface area contributed by atoms with Crippen LogP contribution < -0.4 is 20.2 Å². The topological polar surface area (TPSA) is 94.0 Å². The summed E-state index contributed by atoms with van der Waals surface area (Å²) >= 11 is 0. The van der Waals surface area contributed by atoms with E-state index in [0.717, 1.165) is 28.2 Å². The molecule has 3 aromatic rings. The van der Waals surface area contributed by atoms with Crippen LogP contribution in [-0.2, 0) is 16.0 Å². The van der Waals surface area contributed by atoms with Crippen LogP contribution in [0.1, 0.15) is 28.1 Å². The van der Waals surface area contributed by atoms with Crippen molar-refractivity contribution in [2.45, 2.75) is 27.2 Å². The van der Waals surface area contributed by atoms with Crippen LogP contribution >= 0.6 is 0 Å². The molecular weight excluding hydrogens is 432 g/mol. The van der Waals surface area contributed by atoms with Crippen LogP contribution in [-0.4, -0.2) is 43.4 Å². The van der Waals surface area contributed by atoms with Gasteiger partial charge in [-0.2, -0.15) is 5.10 Å². The number of hydrogen-bond acceptors (Lipinski definition) is 5. The van der Waals surface area contributed by atoms with Crippen LogP contribution in [0.4, 0.5) is 0 Å². The van der Waals surface area contributed by atoms with Gasteiger partial charge in [-0.3, -0.25) is 9.59 Å². The molecule has 0 saturated carbocycles. The summed E-state index contributed by atoms with van der Waals surface area (Å²) in [6.45, 7) is 6.33. The number of benzene rings is 2. The predicted octanol–water partition coefficient (Wildman–Crippen LogP) is 3.23. The molecule has 2 aromatic carbocycles. The number of ether oxygens (including phenoxy) is 2. The van der Waals surface area contributed by atoms with E-state index in [1.807, 2.05) is 39.0 Å². The maximum Gasteiger partial charge on any atom is 0.329 e. The van der Waals surface area contributed by atoms with Gasteiger partial charge in [-0.1, -0.05) is 23.8 Å². The van der Waals surface area contributed by atoms with Crippen LogP contribution in [0.25, 0.3) is 5.69 Å². The van der Waals surface area contributed by atoms with Crippen LogP contribution in [0, 0.1) is 20.8 Å². The molecule has 0 bridgehead atoms. The molecule has 8 heteroatoms. The van der Waals surface area contributed by atoms with Crippen LogP contribution in [0.15, 0.2) is 53.6 Å². The zero-order valence-corrected chi connectivity index (χ0v) is 20.1. The second-order valence-corrected chi connectivity index (χ2v) is 7.89. The van der Waals surface area contributed by atoms with Gasteiger partial charge in [0.05, 0.1) is 20.4 Å². The third-order valence-electron chi connectivity index (χ3n) is 5.49. The Morgan fingerprint density at radius 1 is 0.941 bits per heavy atom. The SMILES string of the molecule is COc1ccc(CCNC(=O)C(=O)N/N=C\c2cc(C)n(-c3ccc(C)cc3)c2C)cc1OC. The van der Waals surface area contributed by atoms with Gasteiger partial charge in [0.15, 0.2) is 11.5 Å². The summed E-state index contributed by atoms with van der Waals surface area (Å²) in [5.41, 5.74) is 8.36. The van der Waals surface area contributed by atoms with Crippen molar-refractivity contribution in [3.05, 3.63) is 76.6 Å². The Morgan fingerprint density at radius 3 is 2.32 bits per heavy atom. The minimum absolute atomic E-state index is 0.295. The number of hydrazone groups is 1. The van der Waals surface area contributed by atoms with Crippen LogP contribution in [0.5, 0.6) is 11.5 Å². The summed E-state index contributed by atoms with van der Waals surface area (Å²) in [7, 11) is 3.13. The highest BCUT2D eigenvalue weighted by molar-refractivity contribution is 6.35. The van der Waals surface area contributed by atoms with E-state index in [1.165, 1.54) is 5.56 Å². The fourth-order valence-electron chi connectivity index (χ4n) is 3.66. The van der Waals surface area contributed by atoms with Gasteiger partial charge in [0, 0.05) is 29.2 Å². The molecule has 0 spiro atoms. The first-order valence-electron chi connectivity index (χ1n) is 10.9. The number of hydrogen-bond donors (Lipinski definition) is 2. The fourth-order valence-corrected chi connectivity index (χ4v) is 3.66. The van der Waals surface area contributed by atoms with Gasteiger partial charge in [-0.15, -0.1) is 0 Å². The quantitative estimate of drug-likeness (QED) is 0.305. The van der Waals surface area contributed by atoms with Crippen LogP contribution in [0.3, 0.4) is 0 Å². The molecule has 0 aliphatic carbocycles. The molecule has 3 rings (SSSR count). The minimum atomic E-state index is -0.823. The number of aromatic nitrogens is 1. The van der Waals surface area contributed by atoms with E-state index in [1.54, 1.807) is 26.5 Å². The lowest BCUT2D eigenvalue weighted by Gasteiger charge is -2.10. The molecular formula is C26H30N4O4. The molecule has 0 fully saturated rings. The Balaban J connectivity index is 1.53. The van der Waals surface area contributed by atoms with Crippen molar-refractivity contribution in [2.24, 2.45) is 5.10 Å². The van der Waals surface area contributed by atoms with E-state index in [2.05, 4.69) is 44.7 Å². The van der Waals surface area contributed by atoms with Crippen molar-refractivity contribution in [1.29, 1.82) is 0 Å². The molecule has 2 N–H and O–H groups in total. The van der Waals surface area contributed by atoms with Crippen molar-refractivity contribution < 1.29 is 19.1 Å². The lowest BCUT2D eigenvalue weighted by atomic mass is 10.1. The molecule has 0 saturated heterocycles. The number of carbonyl (C=O) groups is 2. The molecule has 8 nitrogen and oxygen atoms in total. The lowest BCUT2D eigenvalue weighted by Crippen LogP contribution is -2.38. The van der Waals surface area contributed by atoms with Crippen molar-refractivity contribution in [2.75, 3.05) is 20.8 Å². The summed E-state index contributed by atoms with van der Waals surface area (Å²) in [4.78, 5) is 24.2. The van der Waals surface area contributed by atoms with E-state index in [4.69, 9.17) is 9.47 Å². The van der Waals surface area contributed by atoms with E-state index < -0.39 is 11.8 Å². The van der Waals surface area contributed by atoms with E-state index >= 15 is 0 Å². The summed E-state index contributed by atoms with van der Waals surface area (Å²) < 4.78 is 12.6. The maximum atomic E-state index is 12.1. The van der Waals surface area contributed by atoms with Crippen molar-refractivity contribution in [3.63, 3.8) is 0 Å². The smallest absolute Gasteiger partial charge is 0.329 e.